The molecule has 124 valence electrons. The lowest BCUT2D eigenvalue weighted by Crippen LogP contribution is -2.46. The molecule has 1 atom stereocenters. The molecule has 1 fully saturated rings. The summed E-state index contributed by atoms with van der Waals surface area (Å²) in [6.45, 7) is 0.988. The second kappa shape index (κ2) is 6.85. The number of benzene rings is 2. The van der Waals surface area contributed by atoms with E-state index >= 15 is 0 Å². The Balaban J connectivity index is 1.73. The van der Waals surface area contributed by atoms with E-state index < -0.39 is 0 Å². The first-order valence-electron chi connectivity index (χ1n) is 8.89. The summed E-state index contributed by atoms with van der Waals surface area (Å²) in [5.41, 5.74) is 3.93. The number of halogens is 1. The van der Waals surface area contributed by atoms with Crippen molar-refractivity contribution < 1.29 is 0 Å². The minimum Gasteiger partial charge on any atom is -0.358 e. The molecule has 3 heteroatoms. The van der Waals surface area contributed by atoms with Gasteiger partial charge in [0.15, 0.2) is 0 Å². The number of hydrogen-bond acceptors (Lipinski definition) is 1. The van der Waals surface area contributed by atoms with E-state index in [0.717, 1.165) is 16.6 Å². The van der Waals surface area contributed by atoms with Gasteiger partial charge in [0.2, 0.25) is 0 Å². The first-order chi connectivity index (χ1) is 11.7. The summed E-state index contributed by atoms with van der Waals surface area (Å²) in [5, 5.41) is 0.794. The van der Waals surface area contributed by atoms with E-state index in [1.807, 2.05) is 12.1 Å². The van der Waals surface area contributed by atoms with Crippen LogP contribution in [0, 0.1) is 0 Å². The zero-order valence-corrected chi connectivity index (χ0v) is 15.3. The van der Waals surface area contributed by atoms with E-state index in [1.54, 1.807) is 0 Å². The summed E-state index contributed by atoms with van der Waals surface area (Å²) in [6, 6.07) is 17.6. The molecule has 2 aromatic rings. The van der Waals surface area contributed by atoms with Gasteiger partial charge < -0.3 is 4.90 Å². The third-order valence-corrected chi connectivity index (χ3v) is 6.20. The van der Waals surface area contributed by atoms with Gasteiger partial charge in [-0.2, -0.15) is 0 Å². The van der Waals surface area contributed by atoms with Gasteiger partial charge in [0.05, 0.1) is 0 Å². The van der Waals surface area contributed by atoms with Crippen molar-refractivity contribution in [1.29, 1.82) is 0 Å². The van der Waals surface area contributed by atoms with E-state index in [1.165, 1.54) is 48.8 Å². The molecule has 1 nitrogen and oxygen atoms in total. The van der Waals surface area contributed by atoms with Gasteiger partial charge in [0.25, 0.3) is 0 Å². The smallest absolute Gasteiger partial charge is 0.109 e. The Morgan fingerprint density at radius 2 is 1.62 bits per heavy atom. The largest absolute Gasteiger partial charge is 0.358 e. The lowest BCUT2D eigenvalue weighted by molar-refractivity contribution is 0.237. The van der Waals surface area contributed by atoms with Crippen LogP contribution >= 0.6 is 23.8 Å². The summed E-state index contributed by atoms with van der Waals surface area (Å²) < 4.78 is 0. The molecule has 2 aromatic carbocycles. The zero-order valence-electron chi connectivity index (χ0n) is 13.7. The molecular formula is C21H22ClNS. The van der Waals surface area contributed by atoms with Gasteiger partial charge in [0.1, 0.15) is 4.99 Å². The minimum absolute atomic E-state index is 0.368. The van der Waals surface area contributed by atoms with E-state index in [-0.39, 0.29) is 0 Å². The first-order valence-corrected chi connectivity index (χ1v) is 9.68. The lowest BCUT2D eigenvalue weighted by atomic mass is 9.82. The molecule has 4 rings (SSSR count). The molecule has 0 N–H and O–H groups in total. The van der Waals surface area contributed by atoms with Crippen LogP contribution in [0.3, 0.4) is 0 Å². The Hall–Kier alpha value is -1.38. The molecule has 1 aliphatic carbocycles. The van der Waals surface area contributed by atoms with Crippen LogP contribution in [-0.4, -0.2) is 22.5 Å². The third kappa shape index (κ3) is 2.98. The van der Waals surface area contributed by atoms with Crippen LogP contribution in [0.4, 0.5) is 0 Å². The Bertz CT molecular complexity index is 734. The Labute approximate surface area is 154 Å². The van der Waals surface area contributed by atoms with Gasteiger partial charge in [-0.3, -0.25) is 0 Å². The predicted octanol–water partition coefficient (Wildman–Crippen LogP) is 5.80. The summed E-state index contributed by atoms with van der Waals surface area (Å²) in [7, 11) is 0. The second-order valence-corrected chi connectivity index (χ2v) is 7.76. The molecule has 0 amide bonds. The number of fused-ring (bicyclic) bond motifs is 1. The van der Waals surface area contributed by atoms with Gasteiger partial charge in [-0.15, -0.1) is 0 Å². The maximum atomic E-state index is 6.09. The van der Waals surface area contributed by atoms with Crippen molar-refractivity contribution in [3.8, 4) is 0 Å². The molecule has 0 radical (unpaired) electrons. The molecule has 1 saturated carbocycles. The maximum Gasteiger partial charge on any atom is 0.109 e. The van der Waals surface area contributed by atoms with Crippen LogP contribution in [0.5, 0.6) is 0 Å². The lowest BCUT2D eigenvalue weighted by Gasteiger charge is -2.43. The van der Waals surface area contributed by atoms with Crippen LogP contribution in [0.1, 0.15) is 54.7 Å². The quantitative estimate of drug-likeness (QED) is 0.626. The molecule has 1 aliphatic heterocycles. The number of rotatable bonds is 2. The highest BCUT2D eigenvalue weighted by atomic mass is 35.5. The molecule has 24 heavy (non-hydrogen) atoms. The van der Waals surface area contributed by atoms with Crippen LogP contribution in [-0.2, 0) is 0 Å². The molecule has 0 saturated heterocycles. The molecule has 2 aliphatic rings. The Morgan fingerprint density at radius 1 is 0.917 bits per heavy atom. The Morgan fingerprint density at radius 3 is 2.38 bits per heavy atom. The maximum absolute atomic E-state index is 6.09. The van der Waals surface area contributed by atoms with Crippen LogP contribution in [0.25, 0.3) is 0 Å². The highest BCUT2D eigenvalue weighted by Gasteiger charge is 2.33. The highest BCUT2D eigenvalue weighted by molar-refractivity contribution is 7.80. The van der Waals surface area contributed by atoms with Gasteiger partial charge >= 0.3 is 0 Å². The molecular weight excluding hydrogens is 334 g/mol. The topological polar surface area (TPSA) is 3.24 Å². The average Bonchev–Trinajstić information content (AvgIpc) is 2.64. The fraction of sp³-hybridized carbons (Fsp3) is 0.381. The molecule has 0 bridgehead atoms. The van der Waals surface area contributed by atoms with Crippen molar-refractivity contribution in [2.75, 3.05) is 6.54 Å². The van der Waals surface area contributed by atoms with Gasteiger partial charge in [-0.25, -0.2) is 0 Å². The van der Waals surface area contributed by atoms with Gasteiger partial charge in [0, 0.05) is 29.1 Å². The third-order valence-electron chi connectivity index (χ3n) is 5.49. The summed E-state index contributed by atoms with van der Waals surface area (Å²) in [5.74, 6) is 0.368. The highest BCUT2D eigenvalue weighted by Crippen LogP contribution is 2.37. The van der Waals surface area contributed by atoms with Crippen molar-refractivity contribution >= 4 is 28.8 Å². The SMILES string of the molecule is S=C1c2ccccc2C(c2ccc(Cl)cc2)CN1C1CCCCC1. The summed E-state index contributed by atoms with van der Waals surface area (Å²) >= 11 is 12.0. The summed E-state index contributed by atoms with van der Waals surface area (Å²) in [6.07, 6.45) is 6.58. The van der Waals surface area contributed by atoms with Crippen molar-refractivity contribution in [2.24, 2.45) is 0 Å². The van der Waals surface area contributed by atoms with Gasteiger partial charge in [-0.1, -0.05) is 79.5 Å². The van der Waals surface area contributed by atoms with E-state index in [0.29, 0.717) is 12.0 Å². The summed E-state index contributed by atoms with van der Waals surface area (Å²) in [4.78, 5) is 3.55. The molecule has 0 aromatic heterocycles. The standard InChI is InChI=1S/C21H22ClNS/c22-16-12-10-15(11-13-16)20-14-23(17-6-2-1-3-7-17)21(24)19-9-5-4-8-18(19)20/h4-5,8-13,17,20H,1-3,6-7,14H2. The fourth-order valence-electron chi connectivity index (χ4n) is 4.22. The molecule has 0 spiro atoms. The van der Waals surface area contributed by atoms with Crippen molar-refractivity contribution in [2.45, 2.75) is 44.1 Å². The number of nitrogens with zero attached hydrogens (tertiary/aromatic N) is 1. The van der Waals surface area contributed by atoms with Gasteiger partial charge in [-0.05, 0) is 36.1 Å². The number of thiocarbonyl (C=S) groups is 1. The molecule has 1 heterocycles. The van der Waals surface area contributed by atoms with Crippen molar-refractivity contribution in [3.63, 3.8) is 0 Å². The monoisotopic (exact) mass is 355 g/mol. The normalized spacial score (nSPS) is 21.6. The Kier molecular flexibility index (Phi) is 4.60. The van der Waals surface area contributed by atoms with Crippen LogP contribution < -0.4 is 0 Å². The van der Waals surface area contributed by atoms with E-state index in [9.17, 15) is 0 Å². The fourth-order valence-corrected chi connectivity index (χ4v) is 4.75. The van der Waals surface area contributed by atoms with Crippen LogP contribution in [0.15, 0.2) is 48.5 Å². The minimum atomic E-state index is 0.368. The van der Waals surface area contributed by atoms with E-state index in [4.69, 9.17) is 23.8 Å². The van der Waals surface area contributed by atoms with Crippen LogP contribution in [0.2, 0.25) is 5.02 Å². The van der Waals surface area contributed by atoms with Crippen molar-refractivity contribution in [3.05, 3.63) is 70.2 Å². The average molecular weight is 356 g/mol. The zero-order chi connectivity index (χ0) is 16.5. The molecule has 1 unspecified atom stereocenters. The van der Waals surface area contributed by atoms with E-state index in [2.05, 4.69) is 41.3 Å². The first kappa shape index (κ1) is 16.1. The predicted molar refractivity (Wildman–Crippen MR) is 105 cm³/mol. The second-order valence-electron chi connectivity index (χ2n) is 6.94. The number of hydrogen-bond donors (Lipinski definition) is 0. The van der Waals surface area contributed by atoms with Crippen molar-refractivity contribution in [1.82, 2.24) is 4.90 Å².